The Hall–Kier alpha value is -8.91. The fraction of sp³-hybridized carbons (Fsp3) is 0.304. The molecular weight excluding hydrogens is 924 g/mol. The molecule has 10 heterocycles. The molecule has 3 N–H and O–H groups in total. The molecule has 0 unspecified atom stereocenters. The van der Waals surface area contributed by atoms with Crippen molar-refractivity contribution in [3.05, 3.63) is 135 Å². The fourth-order valence-corrected chi connectivity index (χ4v) is 7.27. The first kappa shape index (κ1) is 48.5. The van der Waals surface area contributed by atoms with Crippen molar-refractivity contribution < 1.29 is 33.9 Å². The van der Waals surface area contributed by atoms with Crippen LogP contribution in [0.3, 0.4) is 0 Å². The normalized spacial score (nSPS) is 13.7. The highest BCUT2D eigenvalue weighted by atomic mass is 19.1. The Balaban J connectivity index is 0.000000161. The second-order valence-corrected chi connectivity index (χ2v) is 17.8. The Kier molecular flexibility index (Phi) is 13.7. The number of fused-ring (bicyclic) bond motifs is 2. The van der Waals surface area contributed by atoms with Crippen LogP contribution in [0.1, 0.15) is 50.9 Å². The molecule has 364 valence electrons. The standard InChI is InChI=1S/C23H22N8O4.C17H15FN4O2.C6H8N4O2/c1-23(2,32)14-35-18-7-19(22-16(8-24)10-26-30(22)13-18)15-3-4-20(25-9-15)28-11-17(12-28)29-6-5-21(27-29)31(33)34;1-17(2,23)10-24-13-5-14(11-3-4-15(18)20-7-11)16-12(6-19)8-21-22(16)9-13;11-10(12)6-1-2-9(8-6)5-3-7-4-5/h3-7,9-10,13,17,32H,11-12,14H2,1-2H3;3-5,7-9,23H,10H2,1-2H3;1-2,5,7H,3-4H2. The van der Waals surface area contributed by atoms with Crippen LogP contribution in [0.2, 0.25) is 0 Å². The maximum Gasteiger partial charge on any atom is 0.389 e. The number of anilines is 1. The van der Waals surface area contributed by atoms with E-state index in [0.717, 1.165) is 30.0 Å². The molecule has 0 saturated carbocycles. The quantitative estimate of drug-likeness (QED) is 0.0771. The van der Waals surface area contributed by atoms with Gasteiger partial charge in [-0.25, -0.2) is 19.0 Å². The first-order valence-corrected chi connectivity index (χ1v) is 21.8. The van der Waals surface area contributed by atoms with Crippen LogP contribution in [0.4, 0.5) is 21.8 Å². The van der Waals surface area contributed by atoms with Gasteiger partial charge in [0.05, 0.1) is 98.9 Å². The van der Waals surface area contributed by atoms with E-state index in [1.54, 1.807) is 84.7 Å². The number of hydrogen-bond donors (Lipinski definition) is 3. The average molecular weight is 969 g/mol. The Morgan fingerprint density at radius 1 is 0.732 bits per heavy atom. The lowest BCUT2D eigenvalue weighted by Gasteiger charge is -2.38. The van der Waals surface area contributed by atoms with E-state index in [-0.39, 0.29) is 30.9 Å². The summed E-state index contributed by atoms with van der Waals surface area (Å²) in [5.41, 5.74) is 2.84. The van der Waals surface area contributed by atoms with Crippen molar-refractivity contribution in [3.8, 4) is 45.9 Å². The summed E-state index contributed by atoms with van der Waals surface area (Å²) in [5.74, 6) is 0.913. The van der Waals surface area contributed by atoms with Crippen molar-refractivity contribution in [3.63, 3.8) is 0 Å². The van der Waals surface area contributed by atoms with Gasteiger partial charge in [-0.3, -0.25) is 0 Å². The molecule has 2 fully saturated rings. The molecule has 2 aliphatic rings. The van der Waals surface area contributed by atoms with E-state index in [4.69, 9.17) is 9.47 Å². The van der Waals surface area contributed by atoms with Gasteiger partial charge in [-0.1, -0.05) is 0 Å². The molecule has 8 aromatic rings. The highest BCUT2D eigenvalue weighted by Gasteiger charge is 2.33. The summed E-state index contributed by atoms with van der Waals surface area (Å²) >= 11 is 0. The van der Waals surface area contributed by atoms with Gasteiger partial charge < -0.3 is 50.1 Å². The molecule has 2 saturated heterocycles. The van der Waals surface area contributed by atoms with Crippen LogP contribution < -0.4 is 19.7 Å². The molecule has 0 aliphatic carbocycles. The number of nitriles is 2. The zero-order valence-corrected chi connectivity index (χ0v) is 38.6. The first-order valence-electron chi connectivity index (χ1n) is 21.8. The van der Waals surface area contributed by atoms with Crippen LogP contribution in [-0.4, -0.2) is 119 Å². The third-order valence-corrected chi connectivity index (χ3v) is 11.0. The number of halogens is 1. The summed E-state index contributed by atoms with van der Waals surface area (Å²) in [5, 5.41) is 79.1. The molecule has 0 amide bonds. The van der Waals surface area contributed by atoms with Crippen LogP contribution in [0.15, 0.2) is 98.1 Å². The molecule has 0 aromatic carbocycles. The Morgan fingerprint density at radius 3 is 1.59 bits per heavy atom. The molecule has 8 aromatic heterocycles. The van der Waals surface area contributed by atoms with Gasteiger partial charge in [0, 0.05) is 60.8 Å². The van der Waals surface area contributed by atoms with Crippen molar-refractivity contribution in [2.24, 2.45) is 0 Å². The third kappa shape index (κ3) is 11.3. The second-order valence-electron chi connectivity index (χ2n) is 17.8. The summed E-state index contributed by atoms with van der Waals surface area (Å²) in [6.07, 6.45) is 12.6. The lowest BCUT2D eigenvalue weighted by molar-refractivity contribution is -0.390. The van der Waals surface area contributed by atoms with Crippen LogP contribution in [0.5, 0.6) is 11.5 Å². The summed E-state index contributed by atoms with van der Waals surface area (Å²) in [6.45, 7) is 9.74. The number of pyridine rings is 4. The van der Waals surface area contributed by atoms with Crippen LogP contribution >= 0.6 is 0 Å². The van der Waals surface area contributed by atoms with E-state index in [1.807, 2.05) is 18.2 Å². The van der Waals surface area contributed by atoms with Gasteiger partial charge in [0.15, 0.2) is 0 Å². The molecule has 10 rings (SSSR count). The maximum atomic E-state index is 13.1. The van der Waals surface area contributed by atoms with Crippen molar-refractivity contribution in [2.75, 3.05) is 44.3 Å². The minimum Gasteiger partial charge on any atom is -0.489 e. The molecule has 71 heavy (non-hydrogen) atoms. The Bertz CT molecular complexity index is 3290. The van der Waals surface area contributed by atoms with E-state index in [2.05, 4.69) is 52.7 Å². The first-order chi connectivity index (χ1) is 33.9. The third-order valence-electron chi connectivity index (χ3n) is 11.0. The van der Waals surface area contributed by atoms with Gasteiger partial charge in [-0.15, -0.1) is 0 Å². The van der Waals surface area contributed by atoms with Gasteiger partial charge >= 0.3 is 11.6 Å². The number of rotatable bonds is 13. The summed E-state index contributed by atoms with van der Waals surface area (Å²) in [4.78, 5) is 30.4. The number of nitro groups is 2. The van der Waals surface area contributed by atoms with Gasteiger partial charge in [0.25, 0.3) is 0 Å². The van der Waals surface area contributed by atoms with Gasteiger partial charge in [0.2, 0.25) is 5.95 Å². The predicted molar refractivity (Wildman–Crippen MR) is 251 cm³/mol. The minimum absolute atomic E-state index is 0.0411. The van der Waals surface area contributed by atoms with E-state index in [0.29, 0.717) is 63.9 Å². The summed E-state index contributed by atoms with van der Waals surface area (Å²) in [7, 11) is 0. The molecule has 24 nitrogen and oxygen atoms in total. The number of hydrogen-bond acceptors (Lipinski definition) is 18. The minimum atomic E-state index is -1.00. The molecule has 0 radical (unpaired) electrons. The zero-order valence-electron chi connectivity index (χ0n) is 38.6. The Morgan fingerprint density at radius 2 is 1.21 bits per heavy atom. The van der Waals surface area contributed by atoms with Crippen molar-refractivity contribution in [1.29, 1.82) is 10.5 Å². The molecule has 0 atom stereocenters. The molecule has 2 aliphatic heterocycles. The molecule has 0 bridgehead atoms. The summed E-state index contributed by atoms with van der Waals surface area (Å²) in [6, 6.07) is 17.6. The molecular formula is C46H45FN16O8. The van der Waals surface area contributed by atoms with E-state index in [9.17, 15) is 45.4 Å². The van der Waals surface area contributed by atoms with Crippen LogP contribution in [-0.2, 0) is 0 Å². The fourth-order valence-electron chi connectivity index (χ4n) is 7.27. The topological polar surface area (TPSA) is 304 Å². The molecule has 0 spiro atoms. The number of nitrogens with one attached hydrogen (secondary N) is 1. The molecule has 25 heteroatoms. The SMILES string of the molecule is CC(C)(O)COc1cc(-c2ccc(F)nc2)c2c(C#N)cnn2c1.CC(C)(O)COc1cc(-c2ccc(N3CC(n4ccc([N+](=O)[O-])n4)C3)nc2)c2c(C#N)cnn2c1.O=[N+]([O-])c1ccn(C2CNC2)n1. The van der Waals surface area contributed by atoms with E-state index in [1.165, 1.54) is 41.3 Å². The second kappa shape index (κ2) is 20.0. The highest BCUT2D eigenvalue weighted by molar-refractivity contribution is 5.86. The lowest BCUT2D eigenvalue weighted by Crippen LogP contribution is -2.48. The number of nitrogens with zero attached hydrogens (tertiary/aromatic N) is 15. The number of aromatic nitrogens is 10. The largest absolute Gasteiger partial charge is 0.489 e. The lowest BCUT2D eigenvalue weighted by atomic mass is 10.0. The van der Waals surface area contributed by atoms with Crippen molar-refractivity contribution >= 4 is 28.5 Å². The number of aliphatic hydroxyl groups is 2. The maximum absolute atomic E-state index is 13.1. The van der Waals surface area contributed by atoms with Crippen LogP contribution in [0.25, 0.3) is 33.3 Å². The highest BCUT2D eigenvalue weighted by Crippen LogP contribution is 2.34. The predicted octanol–water partition coefficient (Wildman–Crippen LogP) is 5.08. The number of ether oxygens (including phenoxy) is 2. The monoisotopic (exact) mass is 968 g/mol. The van der Waals surface area contributed by atoms with Crippen molar-refractivity contribution in [2.45, 2.75) is 51.0 Å². The Labute approximate surface area is 402 Å². The summed E-state index contributed by atoms with van der Waals surface area (Å²) < 4.78 is 30.8. The van der Waals surface area contributed by atoms with Gasteiger partial charge in [-0.05, 0) is 73.9 Å². The van der Waals surface area contributed by atoms with Gasteiger partial charge in [0.1, 0.15) is 48.7 Å². The van der Waals surface area contributed by atoms with Crippen molar-refractivity contribution in [1.82, 2.24) is 54.1 Å². The van der Waals surface area contributed by atoms with Crippen LogP contribution in [0, 0.1) is 48.8 Å². The van der Waals surface area contributed by atoms with E-state index >= 15 is 0 Å². The zero-order chi connectivity index (χ0) is 50.6. The smallest absolute Gasteiger partial charge is 0.389 e. The van der Waals surface area contributed by atoms with E-state index < -0.39 is 27.0 Å². The van der Waals surface area contributed by atoms with Gasteiger partial charge in [-0.2, -0.15) is 34.5 Å². The average Bonchev–Trinajstić information content (AvgIpc) is 4.14.